The van der Waals surface area contributed by atoms with Crippen molar-refractivity contribution in [2.24, 2.45) is 0 Å². The van der Waals surface area contributed by atoms with Gasteiger partial charge >= 0.3 is 0 Å². The van der Waals surface area contributed by atoms with E-state index in [0.717, 1.165) is 13.0 Å². The van der Waals surface area contributed by atoms with Gasteiger partial charge in [0.1, 0.15) is 0 Å². The molecule has 11 heavy (non-hydrogen) atoms. The van der Waals surface area contributed by atoms with Gasteiger partial charge in [-0.1, -0.05) is 13.0 Å². The van der Waals surface area contributed by atoms with Gasteiger partial charge in [0.15, 0.2) is 0 Å². The molecule has 0 aromatic carbocycles. The molecule has 0 aliphatic heterocycles. The third kappa shape index (κ3) is 4.17. The van der Waals surface area contributed by atoms with E-state index in [1.807, 2.05) is 13.0 Å². The van der Waals surface area contributed by atoms with Crippen LogP contribution in [0.2, 0.25) is 0 Å². The third-order valence-corrected chi connectivity index (χ3v) is 1.76. The van der Waals surface area contributed by atoms with E-state index < -0.39 is 0 Å². The van der Waals surface area contributed by atoms with Crippen LogP contribution < -0.4 is 5.32 Å². The highest BCUT2D eigenvalue weighted by molar-refractivity contribution is 4.89. The monoisotopic (exact) mass is 157 g/mol. The molecule has 0 rings (SSSR count). The van der Waals surface area contributed by atoms with E-state index in [1.165, 1.54) is 0 Å². The van der Waals surface area contributed by atoms with Gasteiger partial charge < -0.3 is 10.1 Å². The van der Waals surface area contributed by atoms with E-state index in [0.29, 0.717) is 0 Å². The summed E-state index contributed by atoms with van der Waals surface area (Å²) in [5, 5.41) is 3.33. The molecule has 0 fully saturated rings. The molecule has 0 heterocycles. The van der Waals surface area contributed by atoms with Crippen LogP contribution in [0.15, 0.2) is 12.7 Å². The Kier molecular flexibility index (Phi) is 6.18. The number of methoxy groups -OCH3 is 1. The summed E-state index contributed by atoms with van der Waals surface area (Å²) in [6, 6.07) is 0.278. The lowest BCUT2D eigenvalue weighted by Crippen LogP contribution is -2.37. The highest BCUT2D eigenvalue weighted by Gasteiger charge is 2.10. The number of hydrogen-bond donors (Lipinski definition) is 1. The van der Waals surface area contributed by atoms with Crippen LogP contribution in [0, 0.1) is 0 Å². The maximum Gasteiger partial charge on any atom is 0.0731 e. The number of nitrogens with one attached hydrogen (secondary N) is 1. The first-order valence-electron chi connectivity index (χ1n) is 4.15. The van der Waals surface area contributed by atoms with Crippen LogP contribution in [-0.2, 0) is 4.74 Å². The summed E-state index contributed by atoms with van der Waals surface area (Å²) < 4.78 is 5.17. The van der Waals surface area contributed by atoms with Crippen LogP contribution in [0.25, 0.3) is 0 Å². The molecule has 1 N–H and O–H groups in total. The first-order valence-corrected chi connectivity index (χ1v) is 4.15. The Morgan fingerprint density at radius 3 is 2.64 bits per heavy atom. The predicted octanol–water partition coefficient (Wildman–Crippen LogP) is 1.58. The molecular weight excluding hydrogens is 138 g/mol. The largest absolute Gasteiger partial charge is 0.380 e. The van der Waals surface area contributed by atoms with Gasteiger partial charge in [-0.05, 0) is 19.9 Å². The topological polar surface area (TPSA) is 21.3 Å². The second-order valence-corrected chi connectivity index (χ2v) is 2.66. The quantitative estimate of drug-likeness (QED) is 0.591. The molecule has 0 spiro atoms. The predicted molar refractivity (Wildman–Crippen MR) is 48.7 cm³/mol. The zero-order valence-electron chi connectivity index (χ0n) is 7.76. The van der Waals surface area contributed by atoms with Crippen LogP contribution >= 0.6 is 0 Å². The Hall–Kier alpha value is -0.340. The first kappa shape index (κ1) is 10.7. The van der Waals surface area contributed by atoms with Gasteiger partial charge in [0, 0.05) is 7.11 Å². The average molecular weight is 157 g/mol. The van der Waals surface area contributed by atoms with Crippen molar-refractivity contribution in [2.75, 3.05) is 13.7 Å². The first-order chi connectivity index (χ1) is 5.26. The number of hydrogen-bond acceptors (Lipinski definition) is 2. The normalized spacial score (nSPS) is 15.9. The highest BCUT2D eigenvalue weighted by atomic mass is 16.5. The molecule has 0 amide bonds. The lowest BCUT2D eigenvalue weighted by Gasteiger charge is -2.20. The van der Waals surface area contributed by atoms with Crippen LogP contribution in [0.4, 0.5) is 0 Å². The fraction of sp³-hybridized carbons (Fsp3) is 0.778. The number of ether oxygens (including phenoxy) is 1. The maximum absolute atomic E-state index is 5.17. The van der Waals surface area contributed by atoms with Gasteiger partial charge in [-0.25, -0.2) is 0 Å². The lowest BCUT2D eigenvalue weighted by molar-refractivity contribution is 0.0972. The fourth-order valence-electron chi connectivity index (χ4n) is 0.899. The Morgan fingerprint density at radius 2 is 2.27 bits per heavy atom. The Labute approximate surface area is 69.6 Å². The van der Waals surface area contributed by atoms with Gasteiger partial charge in [-0.3, -0.25) is 0 Å². The van der Waals surface area contributed by atoms with E-state index in [-0.39, 0.29) is 12.1 Å². The van der Waals surface area contributed by atoms with E-state index in [1.54, 1.807) is 7.11 Å². The highest BCUT2D eigenvalue weighted by Crippen LogP contribution is 1.97. The second kappa shape index (κ2) is 6.38. The summed E-state index contributed by atoms with van der Waals surface area (Å²) in [6.45, 7) is 8.94. The molecule has 2 atom stereocenters. The number of rotatable bonds is 6. The third-order valence-electron chi connectivity index (χ3n) is 1.76. The molecule has 0 bridgehead atoms. The van der Waals surface area contributed by atoms with Crippen molar-refractivity contribution in [1.29, 1.82) is 0 Å². The van der Waals surface area contributed by atoms with Crippen LogP contribution in [0.1, 0.15) is 20.3 Å². The molecule has 0 saturated heterocycles. The van der Waals surface area contributed by atoms with Crippen molar-refractivity contribution in [2.45, 2.75) is 32.4 Å². The molecule has 2 unspecified atom stereocenters. The van der Waals surface area contributed by atoms with Crippen LogP contribution in [0.5, 0.6) is 0 Å². The fourth-order valence-corrected chi connectivity index (χ4v) is 0.899. The Morgan fingerprint density at radius 1 is 1.64 bits per heavy atom. The summed E-state index contributed by atoms with van der Waals surface area (Å²) in [6.07, 6.45) is 3.24. The van der Waals surface area contributed by atoms with Gasteiger partial charge in [0.2, 0.25) is 0 Å². The minimum atomic E-state index is 0.207. The summed E-state index contributed by atoms with van der Waals surface area (Å²) in [4.78, 5) is 0. The molecule has 2 nitrogen and oxygen atoms in total. The molecule has 0 saturated carbocycles. The van der Waals surface area contributed by atoms with Crippen LogP contribution in [-0.4, -0.2) is 25.8 Å². The Balaban J connectivity index is 3.65. The van der Waals surface area contributed by atoms with E-state index in [4.69, 9.17) is 4.74 Å². The van der Waals surface area contributed by atoms with Crippen LogP contribution in [0.3, 0.4) is 0 Å². The van der Waals surface area contributed by atoms with Crippen molar-refractivity contribution in [1.82, 2.24) is 5.32 Å². The van der Waals surface area contributed by atoms with Gasteiger partial charge in [0.25, 0.3) is 0 Å². The molecule has 0 radical (unpaired) electrons. The molecule has 0 aliphatic carbocycles. The van der Waals surface area contributed by atoms with E-state index in [9.17, 15) is 0 Å². The Bertz CT molecular complexity index is 104. The molecule has 0 aliphatic rings. The van der Waals surface area contributed by atoms with Gasteiger partial charge in [-0.2, -0.15) is 0 Å². The molecular formula is C9H19NO. The van der Waals surface area contributed by atoms with Crippen molar-refractivity contribution in [3.8, 4) is 0 Å². The molecule has 2 heteroatoms. The lowest BCUT2D eigenvalue weighted by atomic mass is 10.2. The zero-order chi connectivity index (χ0) is 8.69. The smallest absolute Gasteiger partial charge is 0.0731 e. The van der Waals surface area contributed by atoms with E-state index >= 15 is 0 Å². The minimum Gasteiger partial charge on any atom is -0.380 e. The maximum atomic E-state index is 5.17. The van der Waals surface area contributed by atoms with Crippen molar-refractivity contribution < 1.29 is 4.74 Å². The molecule has 0 aromatic heterocycles. The van der Waals surface area contributed by atoms with Gasteiger partial charge in [-0.15, -0.1) is 6.58 Å². The second-order valence-electron chi connectivity index (χ2n) is 2.66. The van der Waals surface area contributed by atoms with E-state index in [2.05, 4.69) is 18.8 Å². The SMILES string of the molecule is C=CC(NCCC)C(C)OC. The van der Waals surface area contributed by atoms with Crippen molar-refractivity contribution in [3.63, 3.8) is 0 Å². The zero-order valence-corrected chi connectivity index (χ0v) is 7.76. The standard InChI is InChI=1S/C9H19NO/c1-5-7-10-9(6-2)8(3)11-4/h6,8-10H,2,5,7H2,1,3-4H3. The van der Waals surface area contributed by atoms with Crippen molar-refractivity contribution in [3.05, 3.63) is 12.7 Å². The summed E-state index contributed by atoms with van der Waals surface area (Å²) in [5.41, 5.74) is 0. The molecule has 0 aromatic rings. The molecule has 66 valence electrons. The minimum absolute atomic E-state index is 0.207. The summed E-state index contributed by atoms with van der Waals surface area (Å²) in [5.74, 6) is 0. The van der Waals surface area contributed by atoms with Crippen molar-refractivity contribution >= 4 is 0 Å². The summed E-state index contributed by atoms with van der Waals surface area (Å²) >= 11 is 0. The summed E-state index contributed by atoms with van der Waals surface area (Å²) in [7, 11) is 1.72. The average Bonchev–Trinajstić information content (AvgIpc) is 2.05. The van der Waals surface area contributed by atoms with Gasteiger partial charge in [0.05, 0.1) is 12.1 Å².